The lowest BCUT2D eigenvalue weighted by Gasteiger charge is -2.38. The number of aromatic nitrogens is 1. The molecule has 3 heterocycles. The molecule has 2 fully saturated rings. The van der Waals surface area contributed by atoms with Gasteiger partial charge in [-0.3, -0.25) is 9.69 Å². The minimum atomic E-state index is -0.659. The molecule has 0 saturated carbocycles. The molecule has 1 atom stereocenters. The molecule has 7 heteroatoms. The first-order valence-electron chi connectivity index (χ1n) is 6.99. The minimum absolute atomic E-state index is 0.263. The molecule has 0 amide bonds. The summed E-state index contributed by atoms with van der Waals surface area (Å²) in [6.07, 6.45) is 3.87. The molecule has 1 N–H and O–H groups in total. The number of piperidine rings is 1. The van der Waals surface area contributed by atoms with Crippen molar-refractivity contribution in [2.45, 2.75) is 37.8 Å². The van der Waals surface area contributed by atoms with E-state index in [9.17, 15) is 9.90 Å². The number of carboxylic acid groups (broad SMARTS) is 1. The maximum atomic E-state index is 11.3. The van der Waals surface area contributed by atoms with Gasteiger partial charge in [-0.05, 0) is 48.2 Å². The van der Waals surface area contributed by atoms with E-state index in [1.165, 1.54) is 0 Å². The highest BCUT2D eigenvalue weighted by Gasteiger charge is 2.36. The Bertz CT molecular complexity index is 488. The average molecular weight is 360 g/mol. The summed E-state index contributed by atoms with van der Waals surface area (Å²) < 4.78 is 0.894. The van der Waals surface area contributed by atoms with Crippen LogP contribution >= 0.6 is 27.3 Å². The quantitative estimate of drug-likeness (QED) is 0.897. The van der Waals surface area contributed by atoms with E-state index in [1.807, 2.05) is 5.38 Å². The number of thiazole rings is 1. The Morgan fingerprint density at radius 2 is 2.10 bits per heavy atom. The lowest BCUT2D eigenvalue weighted by Crippen LogP contribution is -2.48. The second-order valence-corrected chi connectivity index (χ2v) is 7.05. The molecule has 20 heavy (non-hydrogen) atoms. The van der Waals surface area contributed by atoms with Crippen molar-refractivity contribution >= 4 is 38.4 Å². The number of carbonyl (C=O) groups is 1. The lowest BCUT2D eigenvalue weighted by molar-refractivity contribution is -0.143. The molecule has 2 aliphatic rings. The molecule has 0 bridgehead atoms. The van der Waals surface area contributed by atoms with Gasteiger partial charge in [0.05, 0.1) is 0 Å². The number of rotatable bonds is 3. The zero-order valence-corrected chi connectivity index (χ0v) is 13.6. The van der Waals surface area contributed by atoms with E-state index in [0.29, 0.717) is 6.04 Å². The van der Waals surface area contributed by atoms with Crippen LogP contribution in [-0.2, 0) is 4.79 Å². The molecule has 110 valence electrons. The summed E-state index contributed by atoms with van der Waals surface area (Å²) in [5.41, 5.74) is 0. The smallest absolute Gasteiger partial charge is 0.320 e. The van der Waals surface area contributed by atoms with Crippen molar-refractivity contribution in [3.63, 3.8) is 0 Å². The molecule has 1 unspecified atom stereocenters. The number of halogens is 1. The van der Waals surface area contributed by atoms with Crippen LogP contribution in [0.1, 0.15) is 25.7 Å². The Morgan fingerprint density at radius 3 is 2.70 bits per heavy atom. The van der Waals surface area contributed by atoms with Crippen LogP contribution in [0.2, 0.25) is 0 Å². The molecule has 0 radical (unpaired) electrons. The summed E-state index contributed by atoms with van der Waals surface area (Å²) in [5, 5.41) is 12.3. The normalized spacial score (nSPS) is 25.2. The second-order valence-electron chi connectivity index (χ2n) is 5.41. The van der Waals surface area contributed by atoms with Gasteiger partial charge < -0.3 is 10.0 Å². The van der Waals surface area contributed by atoms with Crippen LogP contribution in [0.4, 0.5) is 5.13 Å². The first-order chi connectivity index (χ1) is 9.65. The maximum absolute atomic E-state index is 11.3. The fourth-order valence-electron chi connectivity index (χ4n) is 3.27. The monoisotopic (exact) mass is 359 g/mol. The van der Waals surface area contributed by atoms with Crippen LogP contribution in [0, 0.1) is 0 Å². The molecule has 0 aliphatic carbocycles. The topological polar surface area (TPSA) is 56.7 Å². The maximum Gasteiger partial charge on any atom is 0.320 e. The zero-order valence-electron chi connectivity index (χ0n) is 11.2. The molecular weight excluding hydrogens is 342 g/mol. The molecule has 0 aromatic carbocycles. The summed E-state index contributed by atoms with van der Waals surface area (Å²) in [6.45, 7) is 2.87. The van der Waals surface area contributed by atoms with E-state index in [2.05, 4.69) is 30.7 Å². The minimum Gasteiger partial charge on any atom is -0.480 e. The molecule has 3 rings (SSSR count). The van der Waals surface area contributed by atoms with E-state index >= 15 is 0 Å². The summed E-state index contributed by atoms with van der Waals surface area (Å²) in [4.78, 5) is 20.2. The predicted octanol–water partition coefficient (Wildman–Crippen LogP) is 2.42. The van der Waals surface area contributed by atoms with Crippen LogP contribution in [0.5, 0.6) is 0 Å². The van der Waals surface area contributed by atoms with E-state index in [0.717, 1.165) is 55.1 Å². The largest absolute Gasteiger partial charge is 0.480 e. The summed E-state index contributed by atoms with van der Waals surface area (Å²) in [5.74, 6) is -0.659. The highest BCUT2D eigenvalue weighted by atomic mass is 79.9. The Kier molecular flexibility index (Phi) is 4.28. The van der Waals surface area contributed by atoms with Crippen LogP contribution in [-0.4, -0.2) is 52.7 Å². The third-order valence-electron chi connectivity index (χ3n) is 4.25. The van der Waals surface area contributed by atoms with Crippen molar-refractivity contribution in [1.29, 1.82) is 0 Å². The van der Waals surface area contributed by atoms with Crippen molar-refractivity contribution in [3.05, 3.63) is 9.98 Å². The first-order valence-corrected chi connectivity index (χ1v) is 8.67. The van der Waals surface area contributed by atoms with Gasteiger partial charge in [-0.2, -0.15) is 0 Å². The molecule has 1 aromatic rings. The summed E-state index contributed by atoms with van der Waals surface area (Å²) in [7, 11) is 0. The lowest BCUT2D eigenvalue weighted by atomic mass is 10.0. The van der Waals surface area contributed by atoms with Crippen LogP contribution in [0.3, 0.4) is 0 Å². The number of carboxylic acids is 1. The van der Waals surface area contributed by atoms with Gasteiger partial charge in [0.25, 0.3) is 0 Å². The van der Waals surface area contributed by atoms with Crippen molar-refractivity contribution in [2.75, 3.05) is 24.5 Å². The van der Waals surface area contributed by atoms with Gasteiger partial charge in [0.2, 0.25) is 0 Å². The molecule has 2 saturated heterocycles. The van der Waals surface area contributed by atoms with Gasteiger partial charge in [-0.25, -0.2) is 4.98 Å². The number of nitrogens with zero attached hydrogens (tertiary/aromatic N) is 3. The van der Waals surface area contributed by atoms with Gasteiger partial charge in [0, 0.05) is 24.5 Å². The zero-order chi connectivity index (χ0) is 14.1. The Hall–Kier alpha value is -0.660. The van der Waals surface area contributed by atoms with Crippen molar-refractivity contribution in [1.82, 2.24) is 9.88 Å². The van der Waals surface area contributed by atoms with Crippen molar-refractivity contribution < 1.29 is 9.90 Å². The van der Waals surface area contributed by atoms with Crippen molar-refractivity contribution in [2.24, 2.45) is 0 Å². The molecule has 5 nitrogen and oxygen atoms in total. The number of hydrogen-bond acceptors (Lipinski definition) is 5. The van der Waals surface area contributed by atoms with Crippen LogP contribution in [0.25, 0.3) is 0 Å². The fraction of sp³-hybridized carbons (Fsp3) is 0.692. The molecule has 0 spiro atoms. The fourth-order valence-corrected chi connectivity index (χ4v) is 4.57. The predicted molar refractivity (Wildman–Crippen MR) is 82.4 cm³/mol. The second kappa shape index (κ2) is 5.99. The molecule has 2 aliphatic heterocycles. The van der Waals surface area contributed by atoms with E-state index in [4.69, 9.17) is 0 Å². The third-order valence-corrected chi connectivity index (χ3v) is 5.86. The van der Waals surface area contributed by atoms with Gasteiger partial charge in [-0.1, -0.05) is 0 Å². The van der Waals surface area contributed by atoms with Gasteiger partial charge >= 0.3 is 5.97 Å². The summed E-state index contributed by atoms with van der Waals surface area (Å²) >= 11 is 5.04. The Morgan fingerprint density at radius 1 is 1.35 bits per heavy atom. The SMILES string of the molecule is O=C(O)C1CCCN1C1CCN(c2nc(Br)cs2)CC1. The van der Waals surface area contributed by atoms with Gasteiger partial charge in [0.15, 0.2) is 5.13 Å². The number of likely N-dealkylation sites (tertiary alicyclic amines) is 1. The van der Waals surface area contributed by atoms with E-state index in [1.54, 1.807) is 11.3 Å². The Labute approximate surface area is 130 Å². The first kappa shape index (κ1) is 14.3. The number of anilines is 1. The van der Waals surface area contributed by atoms with Gasteiger partial charge in [0.1, 0.15) is 10.6 Å². The van der Waals surface area contributed by atoms with Gasteiger partial charge in [-0.15, -0.1) is 11.3 Å². The van der Waals surface area contributed by atoms with Crippen LogP contribution in [0.15, 0.2) is 9.98 Å². The summed E-state index contributed by atoms with van der Waals surface area (Å²) in [6, 6.07) is 0.152. The highest BCUT2D eigenvalue weighted by Crippen LogP contribution is 2.30. The number of hydrogen-bond donors (Lipinski definition) is 1. The Balaban J connectivity index is 1.59. The third kappa shape index (κ3) is 2.84. The average Bonchev–Trinajstić information content (AvgIpc) is 3.07. The number of aliphatic carboxylic acids is 1. The molecular formula is C13H18BrN3O2S. The van der Waals surface area contributed by atoms with Crippen LogP contribution < -0.4 is 4.90 Å². The van der Waals surface area contributed by atoms with E-state index < -0.39 is 5.97 Å². The van der Waals surface area contributed by atoms with E-state index in [-0.39, 0.29) is 6.04 Å². The standard InChI is InChI=1S/C13H18BrN3O2S/c14-11-8-20-13(15-11)16-6-3-9(4-7-16)17-5-1-2-10(17)12(18)19/h8-10H,1-7H2,(H,18,19). The van der Waals surface area contributed by atoms with Crippen molar-refractivity contribution in [3.8, 4) is 0 Å². The highest BCUT2D eigenvalue weighted by molar-refractivity contribution is 9.10. The molecule has 1 aromatic heterocycles.